The predicted molar refractivity (Wildman–Crippen MR) is 97.9 cm³/mol. The molecule has 0 aromatic carbocycles. The van der Waals surface area contributed by atoms with Gasteiger partial charge >= 0.3 is 12.1 Å². The summed E-state index contributed by atoms with van der Waals surface area (Å²) in [5.74, 6) is -2.72. The minimum Gasteiger partial charge on any atom is -0.475 e. The summed E-state index contributed by atoms with van der Waals surface area (Å²) in [6.45, 7) is 2.22. The first-order valence-corrected chi connectivity index (χ1v) is 10.8. The zero-order chi connectivity index (χ0) is 22.5. The van der Waals surface area contributed by atoms with Crippen LogP contribution in [-0.4, -0.2) is 90.9 Å². The van der Waals surface area contributed by atoms with Crippen molar-refractivity contribution in [2.75, 3.05) is 39.0 Å². The number of ether oxygens (including phenoxy) is 1. The highest BCUT2D eigenvalue weighted by Crippen LogP contribution is 2.25. The first kappa shape index (κ1) is 24.0. The van der Waals surface area contributed by atoms with Crippen LogP contribution >= 0.6 is 0 Å². The third kappa shape index (κ3) is 6.92. The molecule has 0 spiro atoms. The maximum atomic E-state index is 12.4. The fourth-order valence-corrected chi connectivity index (χ4v) is 4.01. The van der Waals surface area contributed by atoms with Crippen molar-refractivity contribution in [3.63, 3.8) is 0 Å². The molecule has 30 heavy (non-hydrogen) atoms. The van der Waals surface area contributed by atoms with Crippen molar-refractivity contribution in [2.45, 2.75) is 18.7 Å². The average molecular weight is 453 g/mol. The van der Waals surface area contributed by atoms with Crippen LogP contribution in [0.25, 0.3) is 0 Å². The van der Waals surface area contributed by atoms with Crippen molar-refractivity contribution in [3.05, 3.63) is 30.1 Å². The number of hydrogen-bond acceptors (Lipinski definition) is 6. The molecule has 2 atom stereocenters. The second kappa shape index (κ2) is 9.71. The summed E-state index contributed by atoms with van der Waals surface area (Å²) < 4.78 is 62.5. The molecule has 3 heterocycles. The lowest BCUT2D eigenvalue weighted by atomic mass is 10.1. The Morgan fingerprint density at radius 1 is 1.27 bits per heavy atom. The molecule has 0 saturated carbocycles. The van der Waals surface area contributed by atoms with Gasteiger partial charge in [-0.15, -0.1) is 0 Å². The molecule has 0 radical (unpaired) electrons. The number of aliphatic carboxylic acids is 1. The van der Waals surface area contributed by atoms with Crippen LogP contribution in [0.1, 0.15) is 5.69 Å². The van der Waals surface area contributed by atoms with Gasteiger partial charge in [-0.25, -0.2) is 13.2 Å². The normalized spacial score (nSPS) is 22.5. The number of carbonyl (C=O) groups excluding carboxylic acids is 1. The maximum Gasteiger partial charge on any atom is 0.490 e. The number of carboxylic acids is 1. The SMILES string of the molecule is CS(=O)(=O)N1CCO[C@@H]2CN(C(=O)Cc3ccccn3)C[C@@H]2C1.O=C(O)C(F)(F)F. The molecule has 2 fully saturated rings. The summed E-state index contributed by atoms with van der Waals surface area (Å²) in [5.41, 5.74) is 0.739. The molecule has 2 aliphatic heterocycles. The molecular formula is C17H22F3N3O6S. The van der Waals surface area contributed by atoms with Crippen LogP contribution in [0.2, 0.25) is 0 Å². The van der Waals surface area contributed by atoms with E-state index >= 15 is 0 Å². The van der Waals surface area contributed by atoms with E-state index in [9.17, 15) is 26.4 Å². The van der Waals surface area contributed by atoms with Gasteiger partial charge < -0.3 is 14.7 Å². The zero-order valence-electron chi connectivity index (χ0n) is 16.1. The summed E-state index contributed by atoms with van der Waals surface area (Å²) in [5, 5.41) is 7.12. The molecule has 13 heteroatoms. The lowest BCUT2D eigenvalue weighted by Crippen LogP contribution is -2.37. The molecule has 1 N–H and O–H groups in total. The quantitative estimate of drug-likeness (QED) is 0.703. The minimum atomic E-state index is -5.08. The number of rotatable bonds is 3. The molecule has 1 aromatic heterocycles. The summed E-state index contributed by atoms with van der Waals surface area (Å²) in [7, 11) is -3.23. The van der Waals surface area contributed by atoms with E-state index in [2.05, 4.69) is 4.98 Å². The number of sulfonamides is 1. The van der Waals surface area contributed by atoms with Crippen LogP contribution in [0.3, 0.4) is 0 Å². The monoisotopic (exact) mass is 453 g/mol. The molecule has 2 aliphatic rings. The van der Waals surface area contributed by atoms with E-state index in [1.54, 1.807) is 11.1 Å². The third-order valence-electron chi connectivity index (χ3n) is 4.61. The summed E-state index contributed by atoms with van der Waals surface area (Å²) in [6.07, 6.45) is -2.03. The highest BCUT2D eigenvalue weighted by Gasteiger charge is 2.40. The van der Waals surface area contributed by atoms with E-state index in [0.29, 0.717) is 32.8 Å². The van der Waals surface area contributed by atoms with Crippen molar-refractivity contribution in [3.8, 4) is 0 Å². The van der Waals surface area contributed by atoms with Crippen molar-refractivity contribution in [1.82, 2.24) is 14.2 Å². The standard InChI is InChI=1S/C15H21N3O4S.C2HF3O2/c1-23(20,21)18-6-7-22-14-11-17(9-12(14)10-18)15(19)8-13-4-2-3-5-16-13;3-2(4,5)1(6)7/h2-5,12,14H,6-11H2,1H3;(H,6,7)/t12-,14-;/m1./s1. The van der Waals surface area contributed by atoms with Crippen LogP contribution < -0.4 is 0 Å². The Hall–Kier alpha value is -2.25. The number of pyridine rings is 1. The van der Waals surface area contributed by atoms with Crippen molar-refractivity contribution in [1.29, 1.82) is 0 Å². The highest BCUT2D eigenvalue weighted by atomic mass is 32.2. The first-order chi connectivity index (χ1) is 13.9. The first-order valence-electron chi connectivity index (χ1n) is 8.92. The fourth-order valence-electron chi connectivity index (χ4n) is 3.14. The van der Waals surface area contributed by atoms with Crippen LogP contribution in [0.4, 0.5) is 13.2 Å². The van der Waals surface area contributed by atoms with Gasteiger partial charge in [0.2, 0.25) is 15.9 Å². The molecule has 0 unspecified atom stereocenters. The highest BCUT2D eigenvalue weighted by molar-refractivity contribution is 7.88. The minimum absolute atomic E-state index is 0.00581. The number of aromatic nitrogens is 1. The van der Waals surface area contributed by atoms with Crippen LogP contribution in [0.5, 0.6) is 0 Å². The Labute approximate surface area is 171 Å². The number of alkyl halides is 3. The number of nitrogens with zero attached hydrogens (tertiary/aromatic N) is 3. The van der Waals surface area contributed by atoms with Gasteiger partial charge in [-0.1, -0.05) is 6.07 Å². The topological polar surface area (TPSA) is 117 Å². The van der Waals surface area contributed by atoms with E-state index < -0.39 is 22.2 Å². The van der Waals surface area contributed by atoms with Gasteiger partial charge in [0.05, 0.1) is 25.4 Å². The Morgan fingerprint density at radius 2 is 1.93 bits per heavy atom. The predicted octanol–water partition coefficient (Wildman–Crippen LogP) is 0.376. The molecule has 1 aromatic rings. The smallest absolute Gasteiger partial charge is 0.475 e. The molecule has 0 bridgehead atoms. The van der Waals surface area contributed by atoms with E-state index in [1.165, 1.54) is 10.6 Å². The van der Waals surface area contributed by atoms with Gasteiger partial charge in [0.15, 0.2) is 0 Å². The number of hydrogen-bond donors (Lipinski definition) is 1. The lowest BCUT2D eigenvalue weighted by Gasteiger charge is -2.21. The van der Waals surface area contributed by atoms with E-state index in [-0.39, 0.29) is 24.3 Å². The molecule has 9 nitrogen and oxygen atoms in total. The number of likely N-dealkylation sites (tertiary alicyclic amines) is 1. The van der Waals surface area contributed by atoms with Crippen molar-refractivity contribution < 1.29 is 41.0 Å². The van der Waals surface area contributed by atoms with Gasteiger partial charge in [-0.05, 0) is 12.1 Å². The molecule has 3 rings (SSSR count). The molecular weight excluding hydrogens is 431 g/mol. The van der Waals surface area contributed by atoms with Crippen LogP contribution in [0.15, 0.2) is 24.4 Å². The van der Waals surface area contributed by atoms with Gasteiger partial charge in [0, 0.05) is 44.0 Å². The second-order valence-electron chi connectivity index (χ2n) is 6.89. The summed E-state index contributed by atoms with van der Waals surface area (Å²) >= 11 is 0. The van der Waals surface area contributed by atoms with Gasteiger partial charge in [-0.2, -0.15) is 17.5 Å². The van der Waals surface area contributed by atoms with E-state index in [0.717, 1.165) is 5.69 Å². The Balaban J connectivity index is 0.000000396. The Bertz CT molecular complexity index is 850. The average Bonchev–Trinajstić information content (AvgIpc) is 2.93. The van der Waals surface area contributed by atoms with Crippen molar-refractivity contribution in [2.24, 2.45) is 5.92 Å². The van der Waals surface area contributed by atoms with E-state index in [4.69, 9.17) is 14.6 Å². The molecule has 2 saturated heterocycles. The Kier molecular flexibility index (Phi) is 7.77. The van der Waals surface area contributed by atoms with E-state index in [1.807, 2.05) is 18.2 Å². The molecule has 1 amide bonds. The molecule has 0 aliphatic carbocycles. The lowest BCUT2D eigenvalue weighted by molar-refractivity contribution is -0.192. The summed E-state index contributed by atoms with van der Waals surface area (Å²) in [4.78, 5) is 27.3. The van der Waals surface area contributed by atoms with Crippen molar-refractivity contribution >= 4 is 21.9 Å². The van der Waals surface area contributed by atoms with Crippen LogP contribution in [0, 0.1) is 5.92 Å². The van der Waals surface area contributed by atoms with Gasteiger partial charge in [0.1, 0.15) is 0 Å². The van der Waals surface area contributed by atoms with Gasteiger partial charge in [-0.3, -0.25) is 9.78 Å². The number of halogens is 3. The number of carboxylic acid groups (broad SMARTS) is 1. The Morgan fingerprint density at radius 3 is 2.47 bits per heavy atom. The largest absolute Gasteiger partial charge is 0.490 e. The number of carbonyl (C=O) groups is 2. The molecule has 168 valence electrons. The van der Waals surface area contributed by atoms with Crippen LogP contribution in [-0.2, 0) is 30.8 Å². The second-order valence-corrected chi connectivity index (χ2v) is 8.87. The summed E-state index contributed by atoms with van der Waals surface area (Å²) in [6, 6.07) is 5.50. The number of amides is 1. The number of fused-ring (bicyclic) bond motifs is 1. The third-order valence-corrected chi connectivity index (χ3v) is 5.88. The van der Waals surface area contributed by atoms with Gasteiger partial charge in [0.25, 0.3) is 0 Å². The fraction of sp³-hybridized carbons (Fsp3) is 0.588. The maximum absolute atomic E-state index is 12.4. The zero-order valence-corrected chi connectivity index (χ0v) is 16.9.